The molecule has 1 unspecified atom stereocenters. The standard InChI is InChI=1S/C16H25NO5/c1-11(2)6-5-7-12(3)8-9-17-16(21)14(19)10-15(20)22-13(4)18/h6,8,14,19H,5,7,9-10H2,1-4H3,(H,17,21)/b12-8+. The highest BCUT2D eigenvalue weighted by Crippen LogP contribution is 2.06. The Morgan fingerprint density at radius 3 is 2.32 bits per heavy atom. The molecule has 0 saturated carbocycles. The molecule has 0 aromatic rings. The van der Waals surface area contributed by atoms with E-state index in [-0.39, 0.29) is 6.54 Å². The molecule has 0 saturated heterocycles. The van der Waals surface area contributed by atoms with Crippen molar-refractivity contribution in [3.63, 3.8) is 0 Å². The molecule has 6 nitrogen and oxygen atoms in total. The van der Waals surface area contributed by atoms with Gasteiger partial charge in [-0.25, -0.2) is 0 Å². The minimum absolute atomic E-state index is 0.276. The van der Waals surface area contributed by atoms with Gasteiger partial charge >= 0.3 is 11.9 Å². The molecule has 22 heavy (non-hydrogen) atoms. The number of nitrogens with one attached hydrogen (secondary N) is 1. The Balaban J connectivity index is 4.08. The van der Waals surface area contributed by atoms with Crippen LogP contribution < -0.4 is 5.32 Å². The van der Waals surface area contributed by atoms with Gasteiger partial charge in [0.05, 0.1) is 6.42 Å². The van der Waals surface area contributed by atoms with Crippen molar-refractivity contribution in [2.24, 2.45) is 0 Å². The highest BCUT2D eigenvalue weighted by atomic mass is 16.6. The summed E-state index contributed by atoms with van der Waals surface area (Å²) < 4.78 is 4.24. The second-order valence-corrected chi connectivity index (χ2v) is 5.30. The molecule has 0 rings (SSSR count). The Bertz CT molecular complexity index is 461. The molecule has 0 aliphatic carbocycles. The number of hydrogen-bond donors (Lipinski definition) is 2. The van der Waals surface area contributed by atoms with Crippen molar-refractivity contribution in [1.29, 1.82) is 0 Å². The van der Waals surface area contributed by atoms with Crippen LogP contribution in [0, 0.1) is 0 Å². The summed E-state index contributed by atoms with van der Waals surface area (Å²) in [5, 5.41) is 12.0. The molecule has 1 atom stereocenters. The SMILES string of the molecule is CC(=O)OC(=O)CC(O)C(=O)NC/C=C(\C)CCC=C(C)C. The van der Waals surface area contributed by atoms with E-state index in [0.717, 1.165) is 25.3 Å². The van der Waals surface area contributed by atoms with E-state index in [9.17, 15) is 19.5 Å². The summed E-state index contributed by atoms with van der Waals surface area (Å²) in [6, 6.07) is 0. The van der Waals surface area contributed by atoms with Crippen molar-refractivity contribution in [3.8, 4) is 0 Å². The fraction of sp³-hybridized carbons (Fsp3) is 0.562. The van der Waals surface area contributed by atoms with Crippen LogP contribution >= 0.6 is 0 Å². The van der Waals surface area contributed by atoms with Gasteiger partial charge < -0.3 is 15.2 Å². The quantitative estimate of drug-likeness (QED) is 0.404. The molecule has 0 aliphatic rings. The summed E-state index contributed by atoms with van der Waals surface area (Å²) in [5.74, 6) is -2.37. The molecule has 0 spiro atoms. The second kappa shape index (κ2) is 10.7. The van der Waals surface area contributed by atoms with Crippen molar-refractivity contribution in [2.45, 2.75) is 53.1 Å². The number of esters is 2. The molecule has 0 heterocycles. The topological polar surface area (TPSA) is 92.7 Å². The summed E-state index contributed by atoms with van der Waals surface area (Å²) in [6.07, 6.45) is 3.77. The first-order chi connectivity index (χ1) is 10.2. The first kappa shape index (κ1) is 20.1. The van der Waals surface area contributed by atoms with Gasteiger partial charge in [0.25, 0.3) is 0 Å². The maximum Gasteiger partial charge on any atom is 0.316 e. The molecular formula is C16H25NO5. The third-order valence-electron chi connectivity index (χ3n) is 2.74. The lowest BCUT2D eigenvalue weighted by Gasteiger charge is -2.09. The zero-order valence-corrected chi connectivity index (χ0v) is 13.6. The van der Waals surface area contributed by atoms with Crippen molar-refractivity contribution in [1.82, 2.24) is 5.32 Å². The molecule has 0 bridgehead atoms. The summed E-state index contributed by atoms with van der Waals surface area (Å²) >= 11 is 0. The van der Waals surface area contributed by atoms with Crippen molar-refractivity contribution in [2.75, 3.05) is 6.54 Å². The highest BCUT2D eigenvalue weighted by Gasteiger charge is 2.20. The molecular weight excluding hydrogens is 286 g/mol. The van der Waals surface area contributed by atoms with Crippen LogP contribution in [0.15, 0.2) is 23.3 Å². The molecule has 2 N–H and O–H groups in total. The van der Waals surface area contributed by atoms with Crippen molar-refractivity contribution in [3.05, 3.63) is 23.3 Å². The lowest BCUT2D eigenvalue weighted by molar-refractivity contribution is -0.160. The fourth-order valence-electron chi connectivity index (χ4n) is 1.59. The monoisotopic (exact) mass is 311 g/mol. The lowest BCUT2D eigenvalue weighted by atomic mass is 10.1. The normalized spacial score (nSPS) is 12.3. The molecule has 0 aromatic carbocycles. The van der Waals surface area contributed by atoms with Gasteiger partial charge in [0, 0.05) is 13.5 Å². The summed E-state index contributed by atoms with van der Waals surface area (Å²) in [7, 11) is 0. The number of hydrogen-bond acceptors (Lipinski definition) is 5. The maximum atomic E-state index is 11.6. The zero-order chi connectivity index (χ0) is 17.1. The molecule has 6 heteroatoms. The predicted molar refractivity (Wildman–Crippen MR) is 82.8 cm³/mol. The number of amides is 1. The van der Waals surface area contributed by atoms with Gasteiger partial charge in [0.2, 0.25) is 5.91 Å². The predicted octanol–water partition coefficient (Wildman–Crippen LogP) is 1.64. The van der Waals surface area contributed by atoms with E-state index in [1.54, 1.807) is 0 Å². The lowest BCUT2D eigenvalue weighted by Crippen LogP contribution is -2.36. The van der Waals surface area contributed by atoms with Crippen molar-refractivity contribution >= 4 is 17.8 Å². The molecule has 0 radical (unpaired) electrons. The Hall–Kier alpha value is -1.95. The third-order valence-corrected chi connectivity index (χ3v) is 2.74. The number of aliphatic hydroxyl groups excluding tert-OH is 1. The number of rotatable bonds is 8. The Kier molecular flexibility index (Phi) is 9.78. The van der Waals surface area contributed by atoms with E-state index in [1.807, 2.05) is 26.8 Å². The molecule has 0 aliphatic heterocycles. The fourth-order valence-corrected chi connectivity index (χ4v) is 1.59. The Morgan fingerprint density at radius 1 is 1.14 bits per heavy atom. The van der Waals surface area contributed by atoms with E-state index in [1.165, 1.54) is 5.57 Å². The largest absolute Gasteiger partial charge is 0.393 e. The molecule has 124 valence electrons. The minimum Gasteiger partial charge on any atom is -0.393 e. The van der Waals surface area contributed by atoms with E-state index < -0.39 is 30.4 Å². The average molecular weight is 311 g/mol. The van der Waals surface area contributed by atoms with Gasteiger partial charge in [-0.15, -0.1) is 0 Å². The van der Waals surface area contributed by atoms with Gasteiger partial charge in [-0.05, 0) is 33.6 Å². The average Bonchev–Trinajstić information content (AvgIpc) is 2.36. The number of carbonyl (C=O) groups excluding carboxylic acids is 3. The van der Waals surface area contributed by atoms with Crippen LogP contribution in [-0.2, 0) is 19.1 Å². The molecule has 1 amide bonds. The van der Waals surface area contributed by atoms with Crippen molar-refractivity contribution < 1.29 is 24.2 Å². The number of aliphatic hydroxyl groups is 1. The van der Waals surface area contributed by atoms with Gasteiger partial charge in [-0.1, -0.05) is 23.3 Å². The molecule has 0 aromatic heterocycles. The zero-order valence-electron chi connectivity index (χ0n) is 13.6. The maximum absolute atomic E-state index is 11.6. The van der Waals surface area contributed by atoms with Crippen LogP contribution in [0.25, 0.3) is 0 Å². The van der Waals surface area contributed by atoms with E-state index >= 15 is 0 Å². The van der Waals surface area contributed by atoms with Crippen LogP contribution in [0.3, 0.4) is 0 Å². The van der Waals surface area contributed by atoms with Gasteiger partial charge in [-0.2, -0.15) is 0 Å². The summed E-state index contributed by atoms with van der Waals surface area (Å²) in [5.41, 5.74) is 2.39. The summed E-state index contributed by atoms with van der Waals surface area (Å²) in [4.78, 5) is 33.2. The highest BCUT2D eigenvalue weighted by molar-refractivity contribution is 5.89. The molecule has 0 fully saturated rings. The Morgan fingerprint density at radius 2 is 1.77 bits per heavy atom. The van der Waals surface area contributed by atoms with Crippen LogP contribution in [0.5, 0.6) is 0 Å². The van der Waals surface area contributed by atoms with Gasteiger partial charge in [0.1, 0.15) is 6.10 Å². The van der Waals surface area contributed by atoms with Crippen LogP contribution in [0.4, 0.5) is 0 Å². The number of ether oxygens (including phenoxy) is 1. The third kappa shape index (κ3) is 10.8. The van der Waals surface area contributed by atoms with E-state index in [0.29, 0.717) is 0 Å². The first-order valence-corrected chi connectivity index (χ1v) is 7.18. The minimum atomic E-state index is -1.52. The Labute approximate surface area is 131 Å². The first-order valence-electron chi connectivity index (χ1n) is 7.18. The smallest absolute Gasteiger partial charge is 0.316 e. The second-order valence-electron chi connectivity index (χ2n) is 5.30. The van der Waals surface area contributed by atoms with Crippen LogP contribution in [0.1, 0.15) is 47.0 Å². The van der Waals surface area contributed by atoms with Crippen LogP contribution in [-0.4, -0.2) is 35.6 Å². The van der Waals surface area contributed by atoms with Gasteiger partial charge in [-0.3, -0.25) is 14.4 Å². The summed E-state index contributed by atoms with van der Waals surface area (Å²) in [6.45, 7) is 7.40. The number of allylic oxidation sites excluding steroid dienone is 3. The number of carbonyl (C=O) groups is 3. The van der Waals surface area contributed by atoms with Gasteiger partial charge in [0.15, 0.2) is 0 Å². The van der Waals surface area contributed by atoms with E-state index in [4.69, 9.17) is 0 Å². The van der Waals surface area contributed by atoms with Crippen LogP contribution in [0.2, 0.25) is 0 Å². The van der Waals surface area contributed by atoms with E-state index in [2.05, 4.69) is 16.1 Å².